The van der Waals surface area contributed by atoms with Gasteiger partial charge in [-0.1, -0.05) is 62.6 Å². The highest BCUT2D eigenvalue weighted by atomic mass is 32.7. The number of aromatic nitrogens is 2. The van der Waals surface area contributed by atoms with E-state index in [-0.39, 0.29) is 22.2 Å². The molecule has 7 atom stereocenters. The molecule has 1 aliphatic carbocycles. The zero-order valence-electron chi connectivity index (χ0n) is 28.9. The number of anilines is 1. The Balaban J connectivity index is 1.41. The van der Waals surface area contributed by atoms with E-state index in [1.165, 1.54) is 36.5 Å². The van der Waals surface area contributed by atoms with E-state index in [1.807, 2.05) is 6.92 Å². The van der Waals surface area contributed by atoms with Crippen molar-refractivity contribution in [3.05, 3.63) is 94.5 Å². The van der Waals surface area contributed by atoms with E-state index >= 15 is 0 Å². The molecule has 1 saturated carbocycles. The monoisotopic (exact) mass is 831 g/mol. The highest BCUT2D eigenvalue weighted by molar-refractivity contribution is 8.55. The third-order valence-corrected chi connectivity index (χ3v) is 15.2. The lowest BCUT2D eigenvalue weighted by Gasteiger charge is -2.25. The minimum atomic E-state index is -5.71. The van der Waals surface area contributed by atoms with Crippen molar-refractivity contribution in [2.24, 2.45) is 0 Å². The third kappa shape index (κ3) is 11.9. The molecular formula is C32H40N3O15P3S. The van der Waals surface area contributed by atoms with Gasteiger partial charge in [0.25, 0.3) is 0 Å². The summed E-state index contributed by atoms with van der Waals surface area (Å²) in [6.07, 6.45) is -0.776. The van der Waals surface area contributed by atoms with Crippen molar-refractivity contribution in [2.75, 3.05) is 18.5 Å². The number of carbonyl (C=O) groups is 2. The summed E-state index contributed by atoms with van der Waals surface area (Å²) < 4.78 is 70.6. The van der Waals surface area contributed by atoms with Crippen molar-refractivity contribution >= 4 is 51.6 Å². The van der Waals surface area contributed by atoms with Gasteiger partial charge in [0.2, 0.25) is 0 Å². The largest absolute Gasteiger partial charge is 0.488 e. The smallest absolute Gasteiger partial charge is 0.452 e. The topological polar surface area (TPSA) is 248 Å². The van der Waals surface area contributed by atoms with Crippen molar-refractivity contribution in [3.8, 4) is 0 Å². The Labute approximate surface area is 314 Å². The fourth-order valence-corrected chi connectivity index (χ4v) is 12.6. The highest BCUT2D eigenvalue weighted by Gasteiger charge is 2.52. The van der Waals surface area contributed by atoms with Crippen LogP contribution in [0.25, 0.3) is 0 Å². The molecule has 4 N–H and O–H groups in total. The van der Waals surface area contributed by atoms with Gasteiger partial charge < -0.3 is 34.2 Å². The van der Waals surface area contributed by atoms with Crippen LogP contribution in [0.5, 0.6) is 0 Å². The van der Waals surface area contributed by atoms with Crippen LogP contribution in [0.3, 0.4) is 0 Å². The van der Waals surface area contributed by atoms with E-state index in [4.69, 9.17) is 18.7 Å². The van der Waals surface area contributed by atoms with Crippen LogP contribution in [-0.4, -0.2) is 72.9 Å². The predicted octanol–water partition coefficient (Wildman–Crippen LogP) is 5.83. The lowest BCUT2D eigenvalue weighted by atomic mass is 10.0. The average Bonchev–Trinajstić information content (AvgIpc) is 3.45. The van der Waals surface area contributed by atoms with Crippen LogP contribution in [-0.2, 0) is 41.1 Å². The van der Waals surface area contributed by atoms with Crippen molar-refractivity contribution in [2.45, 2.75) is 75.2 Å². The van der Waals surface area contributed by atoms with E-state index in [0.29, 0.717) is 30.8 Å². The van der Waals surface area contributed by atoms with E-state index in [2.05, 4.69) is 18.9 Å². The molecule has 0 bridgehead atoms. The number of rotatable bonds is 17. The van der Waals surface area contributed by atoms with Crippen LogP contribution in [0.4, 0.5) is 5.82 Å². The molecule has 0 radical (unpaired) electrons. The molecule has 3 aromatic rings. The maximum atomic E-state index is 13.4. The van der Waals surface area contributed by atoms with Gasteiger partial charge in [-0.15, -0.1) is 0 Å². The summed E-state index contributed by atoms with van der Waals surface area (Å²) in [5.41, 5.74) is -0.720. The number of nitrogens with zero attached hydrogens (tertiary/aromatic N) is 2. The number of phosphoric ester groups is 1. The van der Waals surface area contributed by atoms with Gasteiger partial charge in [-0.05, 0) is 61.0 Å². The molecule has 18 nitrogen and oxygen atoms in total. The number of ether oxygens (including phenoxy) is 3. The quantitative estimate of drug-likeness (QED) is 0.0922. The van der Waals surface area contributed by atoms with E-state index in [0.717, 1.165) is 30.3 Å². The number of nitrogens with one attached hydrogen (secondary N) is 1. The number of benzene rings is 2. The fraction of sp³-hybridized carbons (Fsp3) is 0.438. The molecule has 2 aliphatic rings. The molecule has 4 unspecified atom stereocenters. The van der Waals surface area contributed by atoms with Crippen molar-refractivity contribution in [1.82, 2.24) is 9.55 Å². The summed E-state index contributed by atoms with van der Waals surface area (Å²) in [4.78, 5) is 74.9. The highest BCUT2D eigenvalue weighted by Crippen LogP contribution is 2.72. The molecule has 5 rings (SSSR count). The molecule has 1 aliphatic heterocycles. The average molecular weight is 832 g/mol. The molecule has 2 fully saturated rings. The van der Waals surface area contributed by atoms with Crippen LogP contribution in [0, 0.1) is 0 Å². The first kappa shape index (κ1) is 42.0. The van der Waals surface area contributed by atoms with Crippen LogP contribution in [0.15, 0.2) is 77.7 Å². The summed E-state index contributed by atoms with van der Waals surface area (Å²) in [5, 5.41) is 2.63. The number of carbonyl (C=O) groups excluding carboxylic acids is 2. The SMILES string of the molecule is CCCNc1ccn([C@@H]2O[C@H](COP(=O)(O)OP(=O)(O)OP(=O)(O)SC3CCCCC3)C(OC(=O)c3ccccc3)[C@@H]2OC(=O)c2ccccc2)c(=O)n1. The minimum Gasteiger partial charge on any atom is -0.452 e. The maximum absolute atomic E-state index is 13.4. The zero-order chi connectivity index (χ0) is 38.9. The van der Waals surface area contributed by atoms with Crippen molar-refractivity contribution in [1.29, 1.82) is 0 Å². The molecule has 1 saturated heterocycles. The van der Waals surface area contributed by atoms with Gasteiger partial charge in [0.1, 0.15) is 11.9 Å². The number of esters is 2. The number of hydrogen-bond acceptors (Lipinski definition) is 15. The van der Waals surface area contributed by atoms with Crippen LogP contribution >= 0.6 is 33.8 Å². The Bertz CT molecular complexity index is 1950. The molecule has 0 spiro atoms. The summed E-state index contributed by atoms with van der Waals surface area (Å²) in [6, 6.07) is 16.8. The van der Waals surface area contributed by atoms with E-state index in [1.54, 1.807) is 36.4 Å². The maximum Gasteiger partial charge on any atom is 0.488 e. The number of hydrogen-bond donors (Lipinski definition) is 4. The second-order valence-electron chi connectivity index (χ2n) is 12.2. The van der Waals surface area contributed by atoms with Gasteiger partial charge in [0, 0.05) is 18.0 Å². The summed E-state index contributed by atoms with van der Waals surface area (Å²) in [5.74, 6) is -1.61. The lowest BCUT2D eigenvalue weighted by molar-refractivity contribution is -0.0596. The van der Waals surface area contributed by atoms with Gasteiger partial charge in [-0.2, -0.15) is 13.6 Å². The minimum absolute atomic E-state index is 0.0630. The first-order chi connectivity index (χ1) is 25.7. The third-order valence-electron chi connectivity index (χ3n) is 8.10. The number of phosphoric acid groups is 2. The summed E-state index contributed by atoms with van der Waals surface area (Å²) >= 11 is 0.438. The van der Waals surface area contributed by atoms with E-state index in [9.17, 15) is 42.8 Å². The van der Waals surface area contributed by atoms with Crippen molar-refractivity contribution in [3.63, 3.8) is 0 Å². The summed E-state index contributed by atoms with van der Waals surface area (Å²) in [7, 11) is -11.3. The van der Waals surface area contributed by atoms with Gasteiger partial charge in [-0.25, -0.2) is 28.1 Å². The fourth-order valence-electron chi connectivity index (χ4n) is 5.67. The van der Waals surface area contributed by atoms with Gasteiger partial charge >= 0.3 is 40.1 Å². The predicted molar refractivity (Wildman–Crippen MR) is 195 cm³/mol. The molecule has 54 heavy (non-hydrogen) atoms. The molecule has 1 aromatic heterocycles. The Hall–Kier alpha value is -3.18. The Morgan fingerprint density at radius 1 is 0.870 bits per heavy atom. The molecule has 22 heteroatoms. The van der Waals surface area contributed by atoms with Gasteiger partial charge in [0.15, 0.2) is 18.4 Å². The second-order valence-corrected chi connectivity index (χ2v) is 19.5. The second kappa shape index (κ2) is 18.6. The van der Waals surface area contributed by atoms with Crippen LogP contribution < -0.4 is 11.0 Å². The molecule has 0 amide bonds. The van der Waals surface area contributed by atoms with Crippen LogP contribution in [0.2, 0.25) is 0 Å². The Morgan fingerprint density at radius 3 is 2.04 bits per heavy atom. The molecule has 2 heterocycles. The molecular weight excluding hydrogens is 791 g/mol. The van der Waals surface area contributed by atoms with E-state index < -0.39 is 71.2 Å². The normalized spacial score (nSPS) is 23.7. The molecule has 294 valence electrons. The Morgan fingerprint density at radius 2 is 1.46 bits per heavy atom. The lowest BCUT2D eigenvalue weighted by Crippen LogP contribution is -2.42. The van der Waals surface area contributed by atoms with Crippen molar-refractivity contribution < 1.29 is 65.3 Å². The molecule has 2 aromatic carbocycles. The van der Waals surface area contributed by atoms with Gasteiger partial charge in [0.05, 0.1) is 17.7 Å². The Kier molecular flexibility index (Phi) is 14.5. The first-order valence-corrected chi connectivity index (χ1v) is 23.0. The standard InChI is InChI=1S/C32H40N3O15P3S/c1-2-19-33-26-18-20-35(32(38)34-26)29-28(48-31(37)23-14-8-4-9-15-23)27(47-30(36)22-12-6-3-7-13-22)25(46-29)21-45-51(39,40)49-52(41,42)50-53(43,44)54-24-16-10-5-11-17-24/h3-4,6-9,12-15,18,20,24-25,27-29H,2,5,10-11,16-17,19,21H2,1H3,(H,39,40)(H,41,42)(H,43,44)(H,33,34,38)/t25-,27?,28+,29-/m1/s1. The van der Waals surface area contributed by atoms with Gasteiger partial charge in [-0.3, -0.25) is 9.09 Å². The van der Waals surface area contributed by atoms with Crippen LogP contribution in [0.1, 0.15) is 72.4 Å². The summed E-state index contributed by atoms with van der Waals surface area (Å²) in [6.45, 7) is -3.47. The first-order valence-electron chi connectivity index (χ1n) is 16.9. The zero-order valence-corrected chi connectivity index (χ0v) is 32.4.